The van der Waals surface area contributed by atoms with Crippen LogP contribution in [0, 0.1) is 0 Å². The fraction of sp³-hybridized carbons (Fsp3) is 0.462. The summed E-state index contributed by atoms with van der Waals surface area (Å²) in [4.78, 5) is 22.7. The minimum atomic E-state index is -1.98. The van der Waals surface area contributed by atoms with Crippen molar-refractivity contribution in [1.29, 1.82) is 0 Å². The third-order valence-corrected chi connectivity index (χ3v) is 8.94. The fourth-order valence-electron chi connectivity index (χ4n) is 3.05. The van der Waals surface area contributed by atoms with E-state index in [4.69, 9.17) is 4.74 Å². The van der Waals surface area contributed by atoms with Gasteiger partial charge in [-0.05, 0) is 11.1 Å². The third-order valence-electron chi connectivity index (χ3n) is 4.91. The molecule has 0 saturated heterocycles. The average molecular weight is 545 g/mol. The summed E-state index contributed by atoms with van der Waals surface area (Å²) in [5.74, 6) is -3.07. The van der Waals surface area contributed by atoms with Gasteiger partial charge in [0.15, 0.2) is 0 Å². The van der Waals surface area contributed by atoms with Gasteiger partial charge in [-0.25, -0.2) is 0 Å². The molecule has 0 aliphatic rings. The summed E-state index contributed by atoms with van der Waals surface area (Å²) in [6, 6.07) is 17.6. The molecule has 0 fully saturated rings. The molecule has 0 N–H and O–H groups in total. The summed E-state index contributed by atoms with van der Waals surface area (Å²) in [6.45, 7) is 4.55. The van der Waals surface area contributed by atoms with Gasteiger partial charge in [0.25, 0.3) is 0 Å². The van der Waals surface area contributed by atoms with E-state index in [1.807, 2.05) is 6.07 Å². The molecule has 0 heterocycles. The second kappa shape index (κ2) is 16.7. The molecule has 2 rings (SSSR count). The predicted octanol–water partition coefficient (Wildman–Crippen LogP) is 3.20. The Kier molecular flexibility index (Phi) is 14.7. The average Bonchev–Trinajstić information content (AvgIpc) is 2.79. The van der Waals surface area contributed by atoms with Gasteiger partial charge in [0.1, 0.15) is 5.60 Å². The van der Waals surface area contributed by atoms with Gasteiger partial charge >= 0.3 is 69.5 Å². The molecule has 2 aromatic carbocycles. The van der Waals surface area contributed by atoms with Gasteiger partial charge in [-0.3, -0.25) is 0 Å². The Morgan fingerprint density at radius 3 is 1.78 bits per heavy atom. The summed E-state index contributed by atoms with van der Waals surface area (Å²) in [6.07, 6.45) is 4.94. The van der Waals surface area contributed by atoms with Crippen molar-refractivity contribution in [2.24, 2.45) is 0 Å². The van der Waals surface area contributed by atoms with Crippen molar-refractivity contribution in [3.05, 3.63) is 71.8 Å². The van der Waals surface area contributed by atoms with E-state index in [0.717, 1.165) is 5.56 Å². The molecule has 0 bridgehead atoms. The normalized spacial score (nSPS) is 12.1. The van der Waals surface area contributed by atoms with Crippen LogP contribution in [-0.2, 0) is 27.4 Å². The molecule has 5 nitrogen and oxygen atoms in total. The number of carbonyl (C=O) groups is 2. The Morgan fingerprint density at radius 1 is 0.844 bits per heavy atom. The standard InChI is InChI=1S/C18H18O5.2C4H9.Sn/c19-16(20)12-18(17(21)22,11-14-7-3-1-4-8-14)23-13-15-9-5-2-6-10-15;2*1-3-4-2;/h1-10H,11-13H2,(H,19,20)(H,21,22);2*1,3-4H2,2H3;/q;;;+2/p-2. The first-order valence-corrected chi connectivity index (χ1v) is 15.3. The van der Waals surface area contributed by atoms with Crippen LogP contribution in [0.4, 0.5) is 0 Å². The number of hydrogen-bond donors (Lipinski definition) is 0. The quantitative estimate of drug-likeness (QED) is 0.269. The zero-order valence-electron chi connectivity index (χ0n) is 19.2. The van der Waals surface area contributed by atoms with Crippen LogP contribution in [0.25, 0.3) is 0 Å². The molecule has 0 saturated carbocycles. The molecular formula is C26H34O5Sn. The van der Waals surface area contributed by atoms with Crippen molar-refractivity contribution in [1.82, 2.24) is 0 Å². The first-order valence-electron chi connectivity index (χ1n) is 11.3. The number of benzene rings is 2. The third kappa shape index (κ3) is 11.7. The molecule has 172 valence electrons. The minimum Gasteiger partial charge on any atom is -0.550 e. The Labute approximate surface area is 202 Å². The number of unbranched alkanes of at least 4 members (excludes halogenated alkanes) is 2. The van der Waals surface area contributed by atoms with Crippen molar-refractivity contribution in [2.75, 3.05) is 0 Å². The minimum absolute atomic E-state index is 0.0328. The molecule has 6 heteroatoms. The summed E-state index contributed by atoms with van der Waals surface area (Å²) < 4.78 is 8.76. The van der Waals surface area contributed by atoms with E-state index in [9.17, 15) is 19.8 Å². The van der Waals surface area contributed by atoms with E-state index in [0.29, 0.717) is 5.56 Å². The van der Waals surface area contributed by atoms with E-state index in [2.05, 4.69) is 13.8 Å². The van der Waals surface area contributed by atoms with Crippen molar-refractivity contribution >= 4 is 33.1 Å². The second-order valence-corrected chi connectivity index (χ2v) is 12.0. The van der Waals surface area contributed by atoms with Crippen LogP contribution >= 0.6 is 0 Å². The molecule has 0 radical (unpaired) electrons. The maximum Gasteiger partial charge on any atom is 0.117 e. The molecule has 0 amide bonds. The molecule has 32 heavy (non-hydrogen) atoms. The van der Waals surface area contributed by atoms with Crippen molar-refractivity contribution in [3.8, 4) is 0 Å². The van der Waals surface area contributed by atoms with Crippen LogP contribution in [0.5, 0.6) is 0 Å². The van der Waals surface area contributed by atoms with Crippen LogP contribution in [0.15, 0.2) is 60.7 Å². The second-order valence-electron chi connectivity index (χ2n) is 7.72. The van der Waals surface area contributed by atoms with Crippen LogP contribution in [0.2, 0.25) is 8.87 Å². The molecular weight excluding hydrogens is 511 g/mol. The van der Waals surface area contributed by atoms with Crippen LogP contribution < -0.4 is 10.2 Å². The van der Waals surface area contributed by atoms with E-state index >= 15 is 0 Å². The monoisotopic (exact) mass is 546 g/mol. The number of carbonyl (C=O) groups excluding carboxylic acids is 2. The predicted molar refractivity (Wildman–Crippen MR) is 124 cm³/mol. The Balaban J connectivity index is 0.000000482. The first-order chi connectivity index (χ1) is 15.4. The van der Waals surface area contributed by atoms with E-state index in [1.165, 1.54) is 25.7 Å². The van der Waals surface area contributed by atoms with Crippen LogP contribution in [0.3, 0.4) is 0 Å². The van der Waals surface area contributed by atoms with Gasteiger partial charge in [0.2, 0.25) is 0 Å². The van der Waals surface area contributed by atoms with Crippen LogP contribution in [-0.4, -0.2) is 38.7 Å². The topological polar surface area (TPSA) is 89.5 Å². The zero-order valence-corrected chi connectivity index (χ0v) is 22.0. The molecule has 1 atom stereocenters. The van der Waals surface area contributed by atoms with Gasteiger partial charge in [0, 0.05) is 18.8 Å². The van der Waals surface area contributed by atoms with Gasteiger partial charge < -0.3 is 24.5 Å². The number of carboxylic acid groups (broad SMARTS) is 2. The van der Waals surface area contributed by atoms with E-state index in [-0.39, 0.29) is 34.2 Å². The molecule has 0 aliphatic heterocycles. The number of carboxylic acids is 2. The van der Waals surface area contributed by atoms with Gasteiger partial charge in [0.05, 0.1) is 12.6 Å². The maximum absolute atomic E-state index is 11.7. The molecule has 0 spiro atoms. The van der Waals surface area contributed by atoms with E-state index in [1.54, 1.807) is 63.5 Å². The van der Waals surface area contributed by atoms with Gasteiger partial charge in [-0.1, -0.05) is 60.7 Å². The van der Waals surface area contributed by atoms with Crippen LogP contribution in [0.1, 0.15) is 57.1 Å². The van der Waals surface area contributed by atoms with Crippen molar-refractivity contribution in [2.45, 2.75) is 73.5 Å². The smallest absolute Gasteiger partial charge is 0.117 e. The van der Waals surface area contributed by atoms with Crippen molar-refractivity contribution < 1.29 is 24.5 Å². The SMILES string of the molecule is CCC[CH2][Sn+2][CH2]CCC.O=C([O-])CC(Cc1ccccc1)(OCc1ccccc1)C(=O)[O-]. The Bertz CT molecular complexity index is 760. The number of hydrogen-bond acceptors (Lipinski definition) is 5. The number of rotatable bonds is 14. The fourth-order valence-corrected chi connectivity index (χ4v) is 7.21. The van der Waals surface area contributed by atoms with Crippen molar-refractivity contribution in [3.63, 3.8) is 0 Å². The summed E-state index contributed by atoms with van der Waals surface area (Å²) in [5.41, 5.74) is -0.591. The molecule has 0 aliphatic carbocycles. The number of ether oxygens (including phenoxy) is 1. The van der Waals surface area contributed by atoms with Gasteiger partial charge in [-0.2, -0.15) is 0 Å². The zero-order chi connectivity index (χ0) is 23.7. The Morgan fingerprint density at radius 2 is 1.34 bits per heavy atom. The number of aliphatic carboxylic acids is 2. The summed E-state index contributed by atoms with van der Waals surface area (Å²) >= 11 is 0.149. The van der Waals surface area contributed by atoms with Gasteiger partial charge in [-0.15, -0.1) is 0 Å². The molecule has 0 aromatic heterocycles. The van der Waals surface area contributed by atoms with E-state index < -0.39 is 24.0 Å². The first kappa shape index (κ1) is 28.2. The summed E-state index contributed by atoms with van der Waals surface area (Å²) in [5, 5.41) is 22.7. The molecule has 2 aromatic rings. The maximum atomic E-state index is 11.7. The molecule has 1 unspecified atom stereocenters. The Hall–Kier alpha value is -1.86. The largest absolute Gasteiger partial charge is 0.550 e. The summed E-state index contributed by atoms with van der Waals surface area (Å²) in [7, 11) is 0.